The van der Waals surface area contributed by atoms with E-state index in [1.807, 2.05) is 6.07 Å². The summed E-state index contributed by atoms with van der Waals surface area (Å²) in [7, 11) is 0. The highest BCUT2D eigenvalue weighted by atomic mass is 16.2. The van der Waals surface area contributed by atoms with Gasteiger partial charge in [-0.2, -0.15) is 10.5 Å². The number of aliphatic hydroxyl groups is 1. The van der Waals surface area contributed by atoms with Crippen LogP contribution in [0, 0.1) is 28.6 Å². The Labute approximate surface area is 53.5 Å². The Hall–Kier alpha value is -1.48. The largest absolute Gasteiger partial charge is 0.515 e. The first-order chi connectivity index (χ1) is 4.26. The molecule has 0 saturated heterocycles. The van der Waals surface area contributed by atoms with Gasteiger partial charge in [0.1, 0.15) is 0 Å². The zero-order valence-electron chi connectivity index (χ0n) is 5.00. The van der Waals surface area contributed by atoms with Crippen molar-refractivity contribution in [3.63, 3.8) is 0 Å². The van der Waals surface area contributed by atoms with E-state index in [2.05, 4.69) is 0 Å². The van der Waals surface area contributed by atoms with Crippen LogP contribution < -0.4 is 0 Å². The fourth-order valence-electron chi connectivity index (χ4n) is 0.307. The zero-order chi connectivity index (χ0) is 7.28. The second kappa shape index (κ2) is 3.51. The van der Waals surface area contributed by atoms with Crippen LogP contribution in [0.3, 0.4) is 0 Å². The Morgan fingerprint density at radius 3 is 2.33 bits per heavy atom. The summed E-state index contributed by atoms with van der Waals surface area (Å²) in [5, 5.41) is 24.7. The summed E-state index contributed by atoms with van der Waals surface area (Å²) in [6.07, 6.45) is 0.661. The van der Waals surface area contributed by atoms with Gasteiger partial charge in [0.05, 0.1) is 29.9 Å². The summed E-state index contributed by atoms with van der Waals surface area (Å²) < 4.78 is 0. The van der Waals surface area contributed by atoms with Crippen molar-refractivity contribution in [3.8, 4) is 12.1 Å². The number of rotatable bonds is 1. The molecule has 0 radical (unpaired) electrons. The van der Waals surface area contributed by atoms with E-state index in [-0.39, 0.29) is 5.57 Å². The number of allylic oxidation sites excluding steroid dienone is 1. The first-order valence-electron chi connectivity index (χ1n) is 2.40. The molecule has 0 aromatic carbocycles. The first-order valence-corrected chi connectivity index (χ1v) is 2.40. The van der Waals surface area contributed by atoms with Crippen LogP contribution in [0.1, 0.15) is 6.92 Å². The van der Waals surface area contributed by atoms with E-state index in [1.165, 1.54) is 0 Å². The maximum absolute atomic E-state index is 8.29. The van der Waals surface area contributed by atoms with Crippen LogP contribution in [0.25, 0.3) is 0 Å². The quantitative estimate of drug-likeness (QED) is 0.418. The summed E-state index contributed by atoms with van der Waals surface area (Å²) in [6, 6.07) is 3.51. The Balaban J connectivity index is 4.23. The van der Waals surface area contributed by atoms with Gasteiger partial charge in [0.25, 0.3) is 0 Å². The molecule has 0 aromatic rings. The van der Waals surface area contributed by atoms with Gasteiger partial charge in [-0.1, -0.05) is 0 Å². The molecule has 0 spiro atoms. The number of aliphatic hydroxyl groups excluding tert-OH is 1. The van der Waals surface area contributed by atoms with Crippen molar-refractivity contribution in [1.29, 1.82) is 10.5 Å². The lowest BCUT2D eigenvalue weighted by Gasteiger charge is -1.93. The third-order valence-electron chi connectivity index (χ3n) is 0.928. The van der Waals surface area contributed by atoms with Crippen molar-refractivity contribution >= 4 is 0 Å². The van der Waals surface area contributed by atoms with Crippen LogP contribution in [0.4, 0.5) is 0 Å². The monoisotopic (exact) mass is 122 g/mol. The van der Waals surface area contributed by atoms with E-state index in [9.17, 15) is 0 Å². The number of nitriles is 2. The average Bonchev–Trinajstić information content (AvgIpc) is 1.90. The highest BCUT2D eigenvalue weighted by molar-refractivity contribution is 5.25. The van der Waals surface area contributed by atoms with E-state index in [4.69, 9.17) is 15.6 Å². The lowest BCUT2D eigenvalue weighted by Crippen LogP contribution is -1.92. The van der Waals surface area contributed by atoms with Crippen LogP contribution in [0.15, 0.2) is 11.8 Å². The molecule has 3 nitrogen and oxygen atoms in total. The third-order valence-corrected chi connectivity index (χ3v) is 0.928. The zero-order valence-corrected chi connectivity index (χ0v) is 5.00. The standard InChI is InChI=1S/C6H6N2O/c1-5(2-7)6(3-8)4-9/h4-5,9H,1H3/b6-4+. The molecule has 9 heavy (non-hydrogen) atoms. The summed E-state index contributed by atoms with van der Waals surface area (Å²) in [4.78, 5) is 0. The van der Waals surface area contributed by atoms with E-state index >= 15 is 0 Å². The summed E-state index contributed by atoms with van der Waals surface area (Å²) in [5.74, 6) is -0.514. The predicted octanol–water partition coefficient (Wildman–Crippen LogP) is 1.11. The molecule has 1 unspecified atom stereocenters. The molecule has 0 aliphatic rings. The van der Waals surface area contributed by atoms with Crippen LogP contribution in [-0.2, 0) is 0 Å². The van der Waals surface area contributed by atoms with Crippen molar-refractivity contribution in [2.24, 2.45) is 5.92 Å². The molecule has 0 saturated carbocycles. The number of hydrogen-bond donors (Lipinski definition) is 1. The van der Waals surface area contributed by atoms with Gasteiger partial charge in [0.15, 0.2) is 0 Å². The van der Waals surface area contributed by atoms with E-state index < -0.39 is 5.92 Å². The van der Waals surface area contributed by atoms with Gasteiger partial charge in [-0.3, -0.25) is 0 Å². The molecule has 0 fully saturated rings. The fraction of sp³-hybridized carbons (Fsp3) is 0.333. The Morgan fingerprint density at radius 2 is 2.22 bits per heavy atom. The van der Waals surface area contributed by atoms with Crippen molar-refractivity contribution in [3.05, 3.63) is 11.8 Å². The normalized spacial score (nSPS) is 13.4. The molecular weight excluding hydrogens is 116 g/mol. The van der Waals surface area contributed by atoms with Crippen LogP contribution in [0.2, 0.25) is 0 Å². The second-order valence-electron chi connectivity index (χ2n) is 1.55. The van der Waals surface area contributed by atoms with Gasteiger partial charge in [0, 0.05) is 0 Å². The van der Waals surface area contributed by atoms with Gasteiger partial charge < -0.3 is 5.11 Å². The number of hydrogen-bond acceptors (Lipinski definition) is 3. The van der Waals surface area contributed by atoms with Gasteiger partial charge >= 0.3 is 0 Å². The van der Waals surface area contributed by atoms with Gasteiger partial charge in [-0.25, -0.2) is 0 Å². The molecule has 0 aliphatic heterocycles. The first kappa shape index (κ1) is 7.52. The number of nitrogens with zero attached hydrogens (tertiary/aromatic N) is 2. The second-order valence-corrected chi connectivity index (χ2v) is 1.55. The molecule has 0 bridgehead atoms. The maximum Gasteiger partial charge on any atom is 0.0993 e. The summed E-state index contributed by atoms with van der Waals surface area (Å²) in [6.45, 7) is 1.55. The van der Waals surface area contributed by atoms with Crippen LogP contribution in [0.5, 0.6) is 0 Å². The fourth-order valence-corrected chi connectivity index (χ4v) is 0.307. The highest BCUT2D eigenvalue weighted by Crippen LogP contribution is 2.05. The molecule has 0 heterocycles. The SMILES string of the molecule is CC(C#N)/C(C#N)=C/O. The summed E-state index contributed by atoms with van der Waals surface area (Å²) >= 11 is 0. The molecule has 0 aromatic heterocycles. The highest BCUT2D eigenvalue weighted by Gasteiger charge is 2.04. The minimum atomic E-state index is -0.514. The minimum absolute atomic E-state index is 0.0949. The van der Waals surface area contributed by atoms with Crippen molar-refractivity contribution in [1.82, 2.24) is 0 Å². The maximum atomic E-state index is 8.29. The van der Waals surface area contributed by atoms with Crippen LogP contribution in [-0.4, -0.2) is 5.11 Å². The Bertz CT molecular complexity index is 194. The molecule has 0 amide bonds. The average molecular weight is 122 g/mol. The van der Waals surface area contributed by atoms with E-state index in [0.717, 1.165) is 0 Å². The van der Waals surface area contributed by atoms with Crippen molar-refractivity contribution in [2.45, 2.75) is 6.92 Å². The molecule has 46 valence electrons. The Kier molecular flexibility index (Phi) is 2.94. The molecular formula is C6H6N2O. The Morgan fingerprint density at radius 1 is 1.67 bits per heavy atom. The smallest absolute Gasteiger partial charge is 0.0993 e. The predicted molar refractivity (Wildman–Crippen MR) is 31.1 cm³/mol. The van der Waals surface area contributed by atoms with Crippen LogP contribution >= 0.6 is 0 Å². The molecule has 1 N–H and O–H groups in total. The van der Waals surface area contributed by atoms with E-state index in [1.54, 1.807) is 13.0 Å². The van der Waals surface area contributed by atoms with Gasteiger partial charge in [0.2, 0.25) is 0 Å². The van der Waals surface area contributed by atoms with Gasteiger partial charge in [-0.05, 0) is 6.92 Å². The molecule has 3 heteroatoms. The topological polar surface area (TPSA) is 67.8 Å². The lowest BCUT2D eigenvalue weighted by atomic mass is 10.1. The minimum Gasteiger partial charge on any atom is -0.515 e. The van der Waals surface area contributed by atoms with E-state index in [0.29, 0.717) is 6.26 Å². The third kappa shape index (κ3) is 1.84. The molecule has 0 rings (SSSR count). The summed E-state index contributed by atoms with van der Waals surface area (Å²) in [5.41, 5.74) is 0.0949. The molecule has 1 atom stereocenters. The van der Waals surface area contributed by atoms with Crippen molar-refractivity contribution < 1.29 is 5.11 Å². The lowest BCUT2D eigenvalue weighted by molar-refractivity contribution is 0.464. The molecule has 0 aliphatic carbocycles. The van der Waals surface area contributed by atoms with Crippen molar-refractivity contribution in [2.75, 3.05) is 0 Å². The van der Waals surface area contributed by atoms with Gasteiger partial charge in [-0.15, -0.1) is 0 Å².